The van der Waals surface area contributed by atoms with Crippen molar-refractivity contribution in [3.05, 3.63) is 90.6 Å². The van der Waals surface area contributed by atoms with Crippen LogP contribution in [0.4, 0.5) is 0 Å². The highest BCUT2D eigenvalue weighted by Gasteiger charge is 2.10. The molecule has 0 atom stereocenters. The van der Waals surface area contributed by atoms with Crippen LogP contribution in [0.25, 0.3) is 11.3 Å². The van der Waals surface area contributed by atoms with E-state index in [2.05, 4.69) is 30.6 Å². The topological polar surface area (TPSA) is 74.7 Å². The van der Waals surface area contributed by atoms with Crippen molar-refractivity contribution in [1.29, 1.82) is 0 Å². The van der Waals surface area contributed by atoms with E-state index in [0.29, 0.717) is 30.3 Å². The van der Waals surface area contributed by atoms with Gasteiger partial charge in [0, 0.05) is 17.8 Å². The van der Waals surface area contributed by atoms with E-state index in [1.165, 1.54) is 43.7 Å². The quantitative estimate of drug-likeness (QED) is 0.0697. The molecule has 0 saturated carbocycles. The zero-order valence-electron chi connectivity index (χ0n) is 23.6. The van der Waals surface area contributed by atoms with Gasteiger partial charge < -0.3 is 14.2 Å². The van der Waals surface area contributed by atoms with Gasteiger partial charge in [0.05, 0.1) is 24.5 Å². The molecule has 0 aliphatic heterocycles. The first-order chi connectivity index (χ1) is 19.6. The first kappa shape index (κ1) is 30.6. The maximum absolute atomic E-state index is 12.6. The van der Waals surface area contributed by atoms with Gasteiger partial charge in [-0.25, -0.2) is 9.59 Å². The third kappa shape index (κ3) is 11.0. The van der Waals surface area contributed by atoms with E-state index >= 15 is 0 Å². The van der Waals surface area contributed by atoms with Gasteiger partial charge in [-0.2, -0.15) is 0 Å². The standard InChI is InChI=1S/C34H41NO5/c1-3-5-6-7-10-13-27-14-23-32(35-26-27)28-15-21-31(22-16-28)40-34(37)29-17-19-30(20-18-29)38-24-11-8-9-12-25-39-33(36)4-2/h4,14-23,26H,2-3,5-13,24-25H2,1H3. The van der Waals surface area contributed by atoms with Gasteiger partial charge in [0.15, 0.2) is 0 Å². The van der Waals surface area contributed by atoms with Crippen molar-refractivity contribution in [2.75, 3.05) is 13.2 Å². The summed E-state index contributed by atoms with van der Waals surface area (Å²) in [6.45, 7) is 6.60. The molecule has 2 aromatic carbocycles. The number of benzene rings is 2. The third-order valence-corrected chi connectivity index (χ3v) is 6.56. The van der Waals surface area contributed by atoms with Gasteiger partial charge in [-0.05, 0) is 98.7 Å². The van der Waals surface area contributed by atoms with Crippen LogP contribution in [-0.2, 0) is 16.0 Å². The third-order valence-electron chi connectivity index (χ3n) is 6.56. The first-order valence-electron chi connectivity index (χ1n) is 14.4. The van der Waals surface area contributed by atoms with E-state index < -0.39 is 5.97 Å². The molecule has 212 valence electrons. The van der Waals surface area contributed by atoms with Crippen molar-refractivity contribution in [2.45, 2.75) is 71.1 Å². The molecule has 0 aliphatic carbocycles. The monoisotopic (exact) mass is 543 g/mol. The molecular formula is C34H41NO5. The molecule has 6 heteroatoms. The SMILES string of the molecule is C=CC(=O)OCCCCCCOc1ccc(C(=O)Oc2ccc(-c3ccc(CCCCCCC)cn3)cc2)cc1. The number of aryl methyl sites for hydroxylation is 1. The lowest BCUT2D eigenvalue weighted by Crippen LogP contribution is -2.08. The average molecular weight is 544 g/mol. The van der Waals surface area contributed by atoms with E-state index in [1.807, 2.05) is 18.3 Å². The minimum atomic E-state index is -0.419. The van der Waals surface area contributed by atoms with Gasteiger partial charge in [0.2, 0.25) is 0 Å². The molecule has 1 aromatic heterocycles. The van der Waals surface area contributed by atoms with Crippen molar-refractivity contribution in [3.8, 4) is 22.8 Å². The molecule has 0 amide bonds. The highest BCUT2D eigenvalue weighted by atomic mass is 16.5. The van der Waals surface area contributed by atoms with Crippen LogP contribution in [0, 0.1) is 0 Å². The number of hydrogen-bond acceptors (Lipinski definition) is 6. The molecule has 3 rings (SSSR count). The van der Waals surface area contributed by atoms with Crippen LogP contribution >= 0.6 is 0 Å². The summed E-state index contributed by atoms with van der Waals surface area (Å²) in [5, 5.41) is 0. The summed E-state index contributed by atoms with van der Waals surface area (Å²) in [6, 6.07) is 18.6. The maximum Gasteiger partial charge on any atom is 0.343 e. The second-order valence-electron chi connectivity index (χ2n) is 9.79. The number of rotatable bonds is 18. The molecular weight excluding hydrogens is 502 g/mol. The number of aromatic nitrogens is 1. The zero-order chi connectivity index (χ0) is 28.4. The Morgan fingerprint density at radius 2 is 1.45 bits per heavy atom. The summed E-state index contributed by atoms with van der Waals surface area (Å²) >= 11 is 0. The number of carbonyl (C=O) groups excluding carboxylic acids is 2. The molecule has 0 unspecified atom stereocenters. The van der Waals surface area contributed by atoms with Gasteiger partial charge in [0.25, 0.3) is 0 Å². The molecule has 0 saturated heterocycles. The summed E-state index contributed by atoms with van der Waals surface area (Å²) in [5.41, 5.74) is 3.60. The maximum atomic E-state index is 12.6. The Labute approximate surface area is 238 Å². The molecule has 0 aliphatic rings. The molecule has 0 N–H and O–H groups in total. The van der Waals surface area contributed by atoms with Crippen molar-refractivity contribution < 1.29 is 23.8 Å². The first-order valence-corrected chi connectivity index (χ1v) is 14.4. The minimum Gasteiger partial charge on any atom is -0.494 e. The van der Waals surface area contributed by atoms with E-state index in [4.69, 9.17) is 14.2 Å². The van der Waals surface area contributed by atoms with Crippen molar-refractivity contribution in [2.24, 2.45) is 0 Å². The lowest BCUT2D eigenvalue weighted by Gasteiger charge is -2.08. The lowest BCUT2D eigenvalue weighted by atomic mass is 10.1. The van der Waals surface area contributed by atoms with Crippen LogP contribution in [-0.4, -0.2) is 30.1 Å². The van der Waals surface area contributed by atoms with Crippen LogP contribution < -0.4 is 9.47 Å². The van der Waals surface area contributed by atoms with Crippen molar-refractivity contribution in [1.82, 2.24) is 4.98 Å². The minimum absolute atomic E-state index is 0.383. The number of unbranched alkanes of at least 4 members (excludes halogenated alkanes) is 7. The van der Waals surface area contributed by atoms with E-state index in [-0.39, 0.29) is 5.97 Å². The Balaban J connectivity index is 1.37. The number of nitrogens with zero attached hydrogens (tertiary/aromatic N) is 1. The summed E-state index contributed by atoms with van der Waals surface area (Å²) in [5.74, 6) is 0.386. The number of ether oxygens (including phenoxy) is 3. The summed E-state index contributed by atoms with van der Waals surface area (Å²) in [7, 11) is 0. The van der Waals surface area contributed by atoms with E-state index in [9.17, 15) is 9.59 Å². The van der Waals surface area contributed by atoms with Gasteiger partial charge in [-0.3, -0.25) is 4.98 Å². The normalized spacial score (nSPS) is 10.6. The Morgan fingerprint density at radius 1 is 0.775 bits per heavy atom. The number of carbonyl (C=O) groups is 2. The van der Waals surface area contributed by atoms with Crippen LogP contribution in [0.2, 0.25) is 0 Å². The van der Waals surface area contributed by atoms with Gasteiger partial charge in [-0.15, -0.1) is 0 Å². The molecule has 0 fully saturated rings. The van der Waals surface area contributed by atoms with Crippen molar-refractivity contribution >= 4 is 11.9 Å². The zero-order valence-corrected chi connectivity index (χ0v) is 23.6. The van der Waals surface area contributed by atoms with Crippen LogP contribution in [0.15, 0.2) is 79.5 Å². The number of hydrogen-bond donors (Lipinski definition) is 0. The summed E-state index contributed by atoms with van der Waals surface area (Å²) < 4.78 is 16.3. The van der Waals surface area contributed by atoms with E-state index in [0.717, 1.165) is 43.4 Å². The highest BCUT2D eigenvalue weighted by molar-refractivity contribution is 5.91. The molecule has 0 bridgehead atoms. The smallest absolute Gasteiger partial charge is 0.343 e. The Hall–Kier alpha value is -3.93. The van der Waals surface area contributed by atoms with E-state index in [1.54, 1.807) is 36.4 Å². The predicted molar refractivity (Wildman–Crippen MR) is 159 cm³/mol. The second-order valence-corrected chi connectivity index (χ2v) is 9.79. The molecule has 1 heterocycles. The molecule has 0 radical (unpaired) electrons. The number of pyridine rings is 1. The van der Waals surface area contributed by atoms with Gasteiger partial charge in [0.1, 0.15) is 11.5 Å². The molecule has 6 nitrogen and oxygen atoms in total. The average Bonchev–Trinajstić information content (AvgIpc) is 2.99. The fourth-order valence-electron chi connectivity index (χ4n) is 4.20. The fraction of sp³-hybridized carbons (Fsp3) is 0.382. The molecule has 3 aromatic rings. The Morgan fingerprint density at radius 3 is 2.12 bits per heavy atom. The van der Waals surface area contributed by atoms with Gasteiger partial charge in [-0.1, -0.05) is 45.3 Å². The molecule has 0 spiro atoms. The van der Waals surface area contributed by atoms with Crippen LogP contribution in [0.3, 0.4) is 0 Å². The van der Waals surface area contributed by atoms with Gasteiger partial charge >= 0.3 is 11.9 Å². The Kier molecular flexibility index (Phi) is 13.5. The van der Waals surface area contributed by atoms with Crippen LogP contribution in [0.1, 0.15) is 80.6 Å². The van der Waals surface area contributed by atoms with Crippen molar-refractivity contribution in [3.63, 3.8) is 0 Å². The fourth-order valence-corrected chi connectivity index (χ4v) is 4.20. The summed E-state index contributed by atoms with van der Waals surface area (Å²) in [4.78, 5) is 28.2. The lowest BCUT2D eigenvalue weighted by molar-refractivity contribution is -0.137. The second kappa shape index (κ2) is 17.6. The number of esters is 2. The summed E-state index contributed by atoms with van der Waals surface area (Å²) in [6.07, 6.45) is 14.2. The Bertz CT molecular complexity index is 1170. The highest BCUT2D eigenvalue weighted by Crippen LogP contribution is 2.23. The van der Waals surface area contributed by atoms with Crippen LogP contribution in [0.5, 0.6) is 11.5 Å². The largest absolute Gasteiger partial charge is 0.494 e. The predicted octanol–water partition coefficient (Wildman–Crippen LogP) is 8.15. The molecule has 40 heavy (non-hydrogen) atoms.